The predicted molar refractivity (Wildman–Crippen MR) is 133 cm³/mol. The van der Waals surface area contributed by atoms with Crippen molar-refractivity contribution in [2.45, 2.75) is 45.1 Å². The molecule has 8 nitrogen and oxygen atoms in total. The predicted octanol–water partition coefficient (Wildman–Crippen LogP) is 2.75. The van der Waals surface area contributed by atoms with Gasteiger partial charge in [0.1, 0.15) is 0 Å². The van der Waals surface area contributed by atoms with Gasteiger partial charge in [-0.2, -0.15) is 0 Å². The van der Waals surface area contributed by atoms with Gasteiger partial charge < -0.3 is 9.47 Å². The third-order valence-electron chi connectivity index (χ3n) is 6.31. The normalized spacial score (nSPS) is 15.7. The Balaban J connectivity index is 1.61. The summed E-state index contributed by atoms with van der Waals surface area (Å²) in [6.45, 7) is 13.0. The highest BCUT2D eigenvalue weighted by molar-refractivity contribution is 7.89. The Bertz CT molecular complexity index is 1170. The summed E-state index contributed by atoms with van der Waals surface area (Å²) in [5, 5.41) is 0. The maximum atomic E-state index is 13.0. The van der Waals surface area contributed by atoms with Crippen molar-refractivity contribution >= 4 is 21.7 Å². The highest BCUT2D eigenvalue weighted by Crippen LogP contribution is 2.25. The van der Waals surface area contributed by atoms with Crippen molar-refractivity contribution in [2.24, 2.45) is 0 Å². The SMILES string of the molecule is Cc1cc(C(=O)CN2CCN(C(=O)c3ccc(S(=O)(=O)N(C)C)cc3)CC2)c(C)n1C(C)(C)C. The molecular formula is C25H36N4O4S. The van der Waals surface area contributed by atoms with Crippen LogP contribution < -0.4 is 0 Å². The van der Waals surface area contributed by atoms with Gasteiger partial charge in [0, 0.05) is 68.3 Å². The first-order valence-corrected chi connectivity index (χ1v) is 12.9. The molecule has 1 aromatic heterocycles. The van der Waals surface area contributed by atoms with Gasteiger partial charge in [-0.3, -0.25) is 14.5 Å². The number of nitrogens with zero attached hydrogens (tertiary/aromatic N) is 4. The van der Waals surface area contributed by atoms with Crippen molar-refractivity contribution < 1.29 is 18.0 Å². The third-order valence-corrected chi connectivity index (χ3v) is 8.14. The van der Waals surface area contributed by atoms with E-state index in [1.807, 2.05) is 19.9 Å². The third kappa shape index (κ3) is 5.26. The van der Waals surface area contributed by atoms with Gasteiger partial charge >= 0.3 is 0 Å². The number of Topliss-reactive ketones (excluding diaryl/α,β-unsaturated/α-hetero) is 1. The summed E-state index contributed by atoms with van der Waals surface area (Å²) in [4.78, 5) is 29.9. The zero-order valence-corrected chi connectivity index (χ0v) is 22.1. The standard InChI is InChI=1S/C25H36N4O4S/c1-18-16-22(19(2)29(18)25(3,4)5)23(30)17-27-12-14-28(15-13-27)24(31)20-8-10-21(11-9-20)34(32,33)26(6)7/h8-11,16H,12-15,17H2,1-7H3. The van der Waals surface area contributed by atoms with Gasteiger partial charge in [0.25, 0.3) is 5.91 Å². The van der Waals surface area contributed by atoms with E-state index >= 15 is 0 Å². The number of benzene rings is 1. The van der Waals surface area contributed by atoms with Gasteiger partial charge in [-0.15, -0.1) is 0 Å². The number of ketones is 1. The van der Waals surface area contributed by atoms with E-state index in [1.54, 1.807) is 17.0 Å². The van der Waals surface area contributed by atoms with E-state index in [0.717, 1.165) is 21.3 Å². The second-order valence-corrected chi connectivity index (χ2v) is 12.2. The molecule has 0 aliphatic carbocycles. The summed E-state index contributed by atoms with van der Waals surface area (Å²) >= 11 is 0. The molecular weight excluding hydrogens is 452 g/mol. The molecule has 1 saturated heterocycles. The molecule has 0 radical (unpaired) electrons. The average Bonchev–Trinajstić information content (AvgIpc) is 3.08. The Morgan fingerprint density at radius 1 is 0.971 bits per heavy atom. The van der Waals surface area contributed by atoms with Crippen LogP contribution in [0.1, 0.15) is 52.9 Å². The Labute approximate surface area is 203 Å². The quantitative estimate of drug-likeness (QED) is 0.584. The molecule has 1 aromatic carbocycles. The van der Waals surface area contributed by atoms with Gasteiger partial charge in [-0.05, 0) is 65.0 Å². The monoisotopic (exact) mass is 488 g/mol. The molecule has 2 aromatic rings. The van der Waals surface area contributed by atoms with Crippen molar-refractivity contribution in [3.63, 3.8) is 0 Å². The number of piperazine rings is 1. The van der Waals surface area contributed by atoms with Crippen LogP contribution in [0.3, 0.4) is 0 Å². The summed E-state index contributed by atoms with van der Waals surface area (Å²) in [5.74, 6) is -0.0328. The number of aromatic nitrogens is 1. The molecule has 9 heteroatoms. The van der Waals surface area contributed by atoms with Crippen molar-refractivity contribution in [3.8, 4) is 0 Å². The molecule has 0 bridgehead atoms. The van der Waals surface area contributed by atoms with E-state index in [9.17, 15) is 18.0 Å². The second-order valence-electron chi connectivity index (χ2n) is 10.1. The summed E-state index contributed by atoms with van der Waals surface area (Å²) in [5.41, 5.74) is 3.19. The molecule has 1 aliphatic rings. The fraction of sp³-hybridized carbons (Fsp3) is 0.520. The molecule has 0 atom stereocenters. The van der Waals surface area contributed by atoms with Gasteiger partial charge in [0.2, 0.25) is 10.0 Å². The Morgan fingerprint density at radius 3 is 2.00 bits per heavy atom. The van der Waals surface area contributed by atoms with Crippen LogP contribution in [0.5, 0.6) is 0 Å². The smallest absolute Gasteiger partial charge is 0.253 e. The average molecular weight is 489 g/mol. The zero-order chi connectivity index (χ0) is 25.4. The Morgan fingerprint density at radius 2 is 1.53 bits per heavy atom. The van der Waals surface area contributed by atoms with Crippen LogP contribution in [-0.2, 0) is 15.6 Å². The van der Waals surface area contributed by atoms with Gasteiger partial charge in [-0.1, -0.05) is 0 Å². The minimum atomic E-state index is -3.53. The van der Waals surface area contributed by atoms with Crippen LogP contribution in [-0.4, -0.2) is 85.6 Å². The van der Waals surface area contributed by atoms with Crippen molar-refractivity contribution in [1.29, 1.82) is 0 Å². The van der Waals surface area contributed by atoms with Crippen molar-refractivity contribution in [2.75, 3.05) is 46.8 Å². The lowest BCUT2D eigenvalue weighted by molar-refractivity contribution is 0.0624. The summed E-state index contributed by atoms with van der Waals surface area (Å²) in [6, 6.07) is 8.01. The number of hydrogen-bond donors (Lipinski definition) is 0. The molecule has 1 amide bonds. The van der Waals surface area contributed by atoms with Crippen LogP contribution in [0.2, 0.25) is 0 Å². The van der Waals surface area contributed by atoms with Gasteiger partial charge in [0.15, 0.2) is 5.78 Å². The Hall–Kier alpha value is -2.49. The molecule has 1 fully saturated rings. The summed E-state index contributed by atoms with van der Waals surface area (Å²) in [6.07, 6.45) is 0. The maximum Gasteiger partial charge on any atom is 0.253 e. The fourth-order valence-corrected chi connectivity index (χ4v) is 5.54. The number of rotatable bonds is 6. The topological polar surface area (TPSA) is 82.9 Å². The molecule has 0 saturated carbocycles. The van der Waals surface area contributed by atoms with Crippen LogP contribution >= 0.6 is 0 Å². The lowest BCUT2D eigenvalue weighted by Gasteiger charge is -2.34. The minimum Gasteiger partial charge on any atom is -0.343 e. The minimum absolute atomic E-state index is 0.0897. The maximum absolute atomic E-state index is 13.0. The largest absolute Gasteiger partial charge is 0.343 e. The Kier molecular flexibility index (Phi) is 7.40. The first-order valence-electron chi connectivity index (χ1n) is 11.5. The molecule has 3 rings (SSSR count). The highest BCUT2D eigenvalue weighted by atomic mass is 32.2. The lowest BCUT2D eigenvalue weighted by Crippen LogP contribution is -2.49. The molecule has 0 unspecified atom stereocenters. The van der Waals surface area contributed by atoms with Gasteiger partial charge in [-0.25, -0.2) is 12.7 Å². The molecule has 34 heavy (non-hydrogen) atoms. The van der Waals surface area contributed by atoms with E-state index < -0.39 is 10.0 Å². The molecule has 1 aliphatic heterocycles. The van der Waals surface area contributed by atoms with E-state index in [0.29, 0.717) is 38.3 Å². The van der Waals surface area contributed by atoms with Crippen LogP contribution in [0.15, 0.2) is 35.2 Å². The molecule has 0 spiro atoms. The van der Waals surface area contributed by atoms with E-state index in [2.05, 4.69) is 30.2 Å². The van der Waals surface area contributed by atoms with Crippen LogP contribution in [0.25, 0.3) is 0 Å². The first kappa shape index (κ1) is 26.1. The first-order chi connectivity index (χ1) is 15.7. The van der Waals surface area contributed by atoms with Crippen LogP contribution in [0.4, 0.5) is 0 Å². The number of aryl methyl sites for hydroxylation is 1. The van der Waals surface area contributed by atoms with E-state index in [-0.39, 0.29) is 22.1 Å². The number of sulfonamides is 1. The summed E-state index contributed by atoms with van der Waals surface area (Å²) in [7, 11) is -0.583. The summed E-state index contributed by atoms with van der Waals surface area (Å²) < 4.78 is 27.8. The van der Waals surface area contributed by atoms with E-state index in [1.165, 1.54) is 26.2 Å². The number of hydrogen-bond acceptors (Lipinski definition) is 5. The van der Waals surface area contributed by atoms with Crippen LogP contribution in [0, 0.1) is 13.8 Å². The lowest BCUT2D eigenvalue weighted by atomic mass is 10.1. The highest BCUT2D eigenvalue weighted by Gasteiger charge is 2.27. The number of carbonyl (C=O) groups excluding carboxylic acids is 2. The molecule has 2 heterocycles. The van der Waals surface area contributed by atoms with E-state index in [4.69, 9.17) is 0 Å². The molecule has 186 valence electrons. The van der Waals surface area contributed by atoms with Gasteiger partial charge in [0.05, 0.1) is 11.4 Å². The fourth-order valence-electron chi connectivity index (χ4n) is 4.64. The number of carbonyl (C=O) groups is 2. The molecule has 0 N–H and O–H groups in total. The number of amides is 1. The second kappa shape index (κ2) is 9.64. The van der Waals surface area contributed by atoms with Crippen molar-refractivity contribution in [3.05, 3.63) is 52.8 Å². The van der Waals surface area contributed by atoms with Crippen molar-refractivity contribution in [1.82, 2.24) is 18.7 Å². The zero-order valence-electron chi connectivity index (χ0n) is 21.3.